The minimum Gasteiger partial charge on any atom is -0.478 e. The summed E-state index contributed by atoms with van der Waals surface area (Å²) in [5.41, 5.74) is 7.27. The van der Waals surface area contributed by atoms with E-state index in [1.807, 2.05) is 18.2 Å². The van der Waals surface area contributed by atoms with E-state index in [1.54, 1.807) is 0 Å². The van der Waals surface area contributed by atoms with Crippen molar-refractivity contribution in [3.05, 3.63) is 53.7 Å². The first-order valence-corrected chi connectivity index (χ1v) is 6.85. The zero-order valence-corrected chi connectivity index (χ0v) is 11.9. The Kier molecular flexibility index (Phi) is 4.77. The highest BCUT2D eigenvalue weighted by molar-refractivity contribution is 5.94. The number of carboxylic acid groups (broad SMARTS) is 1. The zero-order chi connectivity index (χ0) is 15.2. The van der Waals surface area contributed by atoms with Crippen LogP contribution in [0.15, 0.2) is 42.6 Å². The summed E-state index contributed by atoms with van der Waals surface area (Å²) < 4.78 is 0. The van der Waals surface area contributed by atoms with Gasteiger partial charge in [-0.2, -0.15) is 0 Å². The van der Waals surface area contributed by atoms with E-state index in [0.717, 1.165) is 6.42 Å². The maximum Gasteiger partial charge on any atom is 0.339 e. The molecule has 0 spiro atoms. The van der Waals surface area contributed by atoms with Crippen LogP contribution < -0.4 is 11.1 Å². The van der Waals surface area contributed by atoms with E-state index in [0.29, 0.717) is 24.0 Å². The molecule has 0 aliphatic carbocycles. The fourth-order valence-corrected chi connectivity index (χ4v) is 2.14. The van der Waals surface area contributed by atoms with Crippen molar-refractivity contribution in [1.29, 1.82) is 0 Å². The third-order valence-corrected chi connectivity index (χ3v) is 3.38. The topological polar surface area (TPSA) is 88.2 Å². The summed E-state index contributed by atoms with van der Waals surface area (Å²) in [5.74, 6) is -0.286. The predicted octanol–water partition coefficient (Wildman–Crippen LogP) is 2.97. The Bertz CT molecular complexity index is 614. The summed E-state index contributed by atoms with van der Waals surface area (Å²) in [6.07, 6.45) is 2.34. The van der Waals surface area contributed by atoms with Crippen LogP contribution in [0.5, 0.6) is 0 Å². The van der Waals surface area contributed by atoms with Crippen LogP contribution >= 0.6 is 0 Å². The number of nitrogen functional groups attached to an aromatic ring is 1. The average molecular weight is 285 g/mol. The smallest absolute Gasteiger partial charge is 0.339 e. The highest BCUT2D eigenvalue weighted by Gasteiger charge is 2.12. The minimum absolute atomic E-state index is 0.0994. The number of benzene rings is 1. The van der Waals surface area contributed by atoms with Crippen LogP contribution in [0.3, 0.4) is 0 Å². The van der Waals surface area contributed by atoms with Gasteiger partial charge in [0.2, 0.25) is 0 Å². The Morgan fingerprint density at radius 3 is 2.76 bits per heavy atom. The molecule has 0 aliphatic rings. The SMILES string of the molecule is CC(CCNc1ncc(N)cc1C(=O)O)c1ccccc1. The molecule has 1 aromatic heterocycles. The molecule has 21 heavy (non-hydrogen) atoms. The van der Waals surface area contributed by atoms with Crippen molar-refractivity contribution >= 4 is 17.5 Å². The van der Waals surface area contributed by atoms with Gasteiger partial charge in [0.15, 0.2) is 0 Å². The van der Waals surface area contributed by atoms with Crippen molar-refractivity contribution in [2.45, 2.75) is 19.3 Å². The van der Waals surface area contributed by atoms with Gasteiger partial charge in [0.25, 0.3) is 0 Å². The number of aromatic carboxylic acids is 1. The van der Waals surface area contributed by atoms with Crippen LogP contribution in [-0.2, 0) is 0 Å². The lowest BCUT2D eigenvalue weighted by molar-refractivity contribution is 0.0697. The first-order valence-electron chi connectivity index (χ1n) is 6.85. The Hall–Kier alpha value is -2.56. The molecule has 110 valence electrons. The van der Waals surface area contributed by atoms with Crippen LogP contribution in [0, 0.1) is 0 Å². The molecular formula is C16H19N3O2. The molecule has 0 saturated heterocycles. The normalized spacial score (nSPS) is 11.9. The Labute approximate surface area is 123 Å². The van der Waals surface area contributed by atoms with Crippen molar-refractivity contribution in [2.24, 2.45) is 0 Å². The Morgan fingerprint density at radius 2 is 2.10 bits per heavy atom. The van der Waals surface area contributed by atoms with E-state index in [1.165, 1.54) is 17.8 Å². The summed E-state index contributed by atoms with van der Waals surface area (Å²) in [4.78, 5) is 15.2. The quantitative estimate of drug-likeness (QED) is 0.759. The largest absolute Gasteiger partial charge is 0.478 e. The monoisotopic (exact) mass is 285 g/mol. The van der Waals surface area contributed by atoms with Crippen LogP contribution in [0.2, 0.25) is 0 Å². The zero-order valence-electron chi connectivity index (χ0n) is 11.9. The van der Waals surface area contributed by atoms with Gasteiger partial charge < -0.3 is 16.2 Å². The number of hydrogen-bond donors (Lipinski definition) is 3. The van der Waals surface area contributed by atoms with Gasteiger partial charge in [0, 0.05) is 6.54 Å². The molecule has 0 radical (unpaired) electrons. The number of hydrogen-bond acceptors (Lipinski definition) is 4. The number of aromatic nitrogens is 1. The van der Waals surface area contributed by atoms with E-state index in [9.17, 15) is 4.79 Å². The number of carbonyl (C=O) groups is 1. The van der Waals surface area contributed by atoms with E-state index in [-0.39, 0.29) is 5.56 Å². The van der Waals surface area contributed by atoms with E-state index < -0.39 is 5.97 Å². The molecule has 1 unspecified atom stereocenters. The average Bonchev–Trinajstić information content (AvgIpc) is 2.49. The van der Waals surface area contributed by atoms with Gasteiger partial charge in [-0.15, -0.1) is 0 Å². The Balaban J connectivity index is 1.96. The number of carboxylic acids is 1. The number of rotatable bonds is 6. The molecule has 4 N–H and O–H groups in total. The summed E-state index contributed by atoms with van der Waals surface area (Å²) in [5, 5.41) is 12.2. The highest BCUT2D eigenvalue weighted by atomic mass is 16.4. The van der Waals surface area contributed by atoms with Crippen molar-refractivity contribution in [1.82, 2.24) is 4.98 Å². The van der Waals surface area contributed by atoms with E-state index >= 15 is 0 Å². The fraction of sp³-hybridized carbons (Fsp3) is 0.250. The van der Waals surface area contributed by atoms with Crippen LogP contribution in [0.25, 0.3) is 0 Å². The van der Waals surface area contributed by atoms with E-state index in [2.05, 4.69) is 29.4 Å². The van der Waals surface area contributed by atoms with Crippen molar-refractivity contribution < 1.29 is 9.90 Å². The fourth-order valence-electron chi connectivity index (χ4n) is 2.14. The number of nitrogens with zero attached hydrogens (tertiary/aromatic N) is 1. The molecule has 5 heteroatoms. The molecule has 0 aliphatic heterocycles. The number of anilines is 2. The summed E-state index contributed by atoms with van der Waals surface area (Å²) >= 11 is 0. The number of pyridine rings is 1. The molecule has 1 heterocycles. The maximum absolute atomic E-state index is 11.2. The second-order valence-electron chi connectivity index (χ2n) is 5.00. The lowest BCUT2D eigenvalue weighted by atomic mass is 9.98. The molecule has 2 aromatic rings. The molecule has 0 bridgehead atoms. The van der Waals surface area contributed by atoms with Gasteiger partial charge in [0.05, 0.1) is 11.9 Å². The molecule has 5 nitrogen and oxygen atoms in total. The molecule has 0 amide bonds. The van der Waals surface area contributed by atoms with E-state index in [4.69, 9.17) is 10.8 Å². The number of nitrogens with two attached hydrogens (primary N) is 1. The lowest BCUT2D eigenvalue weighted by Crippen LogP contribution is -2.12. The predicted molar refractivity (Wildman–Crippen MR) is 83.6 cm³/mol. The van der Waals surface area contributed by atoms with Gasteiger partial charge >= 0.3 is 5.97 Å². The standard InChI is InChI=1S/C16H19N3O2/c1-11(12-5-3-2-4-6-12)7-8-18-15-14(16(20)21)9-13(17)10-19-15/h2-6,9-11H,7-8,17H2,1H3,(H,18,19)(H,20,21). The van der Waals surface area contributed by atoms with Gasteiger partial charge in [-0.1, -0.05) is 37.3 Å². The van der Waals surface area contributed by atoms with Crippen LogP contribution in [0.1, 0.15) is 35.2 Å². The second-order valence-corrected chi connectivity index (χ2v) is 5.00. The number of nitrogens with one attached hydrogen (secondary N) is 1. The molecule has 0 fully saturated rings. The van der Waals surface area contributed by atoms with Crippen molar-refractivity contribution in [2.75, 3.05) is 17.6 Å². The third-order valence-electron chi connectivity index (χ3n) is 3.38. The lowest BCUT2D eigenvalue weighted by Gasteiger charge is -2.13. The molecule has 1 atom stereocenters. The first kappa shape index (κ1) is 14.8. The first-order chi connectivity index (χ1) is 10.1. The highest BCUT2D eigenvalue weighted by Crippen LogP contribution is 2.20. The van der Waals surface area contributed by atoms with Gasteiger partial charge in [-0.3, -0.25) is 0 Å². The summed E-state index contributed by atoms with van der Waals surface area (Å²) in [7, 11) is 0. The Morgan fingerprint density at radius 1 is 1.38 bits per heavy atom. The van der Waals surface area contributed by atoms with Crippen LogP contribution in [-0.4, -0.2) is 22.6 Å². The van der Waals surface area contributed by atoms with Gasteiger partial charge in [-0.25, -0.2) is 9.78 Å². The van der Waals surface area contributed by atoms with Gasteiger partial charge in [0.1, 0.15) is 11.4 Å². The van der Waals surface area contributed by atoms with Crippen LogP contribution in [0.4, 0.5) is 11.5 Å². The minimum atomic E-state index is -1.03. The second kappa shape index (κ2) is 6.74. The maximum atomic E-state index is 11.2. The van der Waals surface area contributed by atoms with Gasteiger partial charge in [-0.05, 0) is 24.0 Å². The molecular weight excluding hydrogens is 266 g/mol. The summed E-state index contributed by atoms with van der Waals surface area (Å²) in [6.45, 7) is 2.79. The van der Waals surface area contributed by atoms with Crippen molar-refractivity contribution in [3.63, 3.8) is 0 Å². The molecule has 2 rings (SSSR count). The summed E-state index contributed by atoms with van der Waals surface area (Å²) in [6, 6.07) is 11.6. The van der Waals surface area contributed by atoms with Crippen molar-refractivity contribution in [3.8, 4) is 0 Å². The third kappa shape index (κ3) is 3.95. The molecule has 0 saturated carbocycles. The molecule has 1 aromatic carbocycles.